The summed E-state index contributed by atoms with van der Waals surface area (Å²) in [5, 5.41) is 9.78. The Bertz CT molecular complexity index is 1300. The van der Waals surface area contributed by atoms with Gasteiger partial charge in [-0.1, -0.05) is 6.58 Å². The molecular weight excluding hydrogens is 489 g/mol. The van der Waals surface area contributed by atoms with E-state index < -0.39 is 23.6 Å². The van der Waals surface area contributed by atoms with Crippen LogP contribution < -0.4 is 4.74 Å². The third-order valence-corrected chi connectivity index (χ3v) is 6.44. The topological polar surface area (TPSA) is 83.6 Å². The number of likely N-dealkylation sites (N-methyl/N-ethyl adjacent to an activating group) is 1. The van der Waals surface area contributed by atoms with Crippen molar-refractivity contribution in [3.05, 3.63) is 36.4 Å². The lowest BCUT2D eigenvalue weighted by molar-refractivity contribution is -0.0367. The van der Waals surface area contributed by atoms with Gasteiger partial charge in [-0.25, -0.2) is 18.5 Å². The van der Waals surface area contributed by atoms with Crippen molar-refractivity contribution < 1.29 is 23.4 Å². The van der Waals surface area contributed by atoms with Crippen LogP contribution in [0.25, 0.3) is 28.1 Å². The van der Waals surface area contributed by atoms with Gasteiger partial charge in [-0.3, -0.25) is 0 Å². The molecule has 4 rings (SSSR count). The molecule has 0 bridgehead atoms. The maximum atomic E-state index is 15.7. The van der Waals surface area contributed by atoms with Crippen LogP contribution in [0.5, 0.6) is 5.88 Å². The van der Waals surface area contributed by atoms with Crippen LogP contribution in [0, 0.1) is 5.82 Å². The molecule has 2 aromatic heterocycles. The second-order valence-corrected chi connectivity index (χ2v) is 10.6. The first-order chi connectivity index (χ1) is 18.0. The number of fused-ring (bicyclic) bond motifs is 1. The predicted octanol–water partition coefficient (Wildman–Crippen LogP) is 5.94. The van der Waals surface area contributed by atoms with Gasteiger partial charge in [0.05, 0.1) is 29.5 Å². The molecule has 1 aliphatic heterocycles. The van der Waals surface area contributed by atoms with Crippen LogP contribution in [0.3, 0.4) is 0 Å². The summed E-state index contributed by atoms with van der Waals surface area (Å²) in [6, 6.07) is 3.26. The zero-order valence-corrected chi connectivity index (χ0v) is 23.2. The number of amides is 1. The lowest BCUT2D eigenvalue weighted by Gasteiger charge is -2.28. The van der Waals surface area contributed by atoms with Crippen molar-refractivity contribution in [2.24, 2.45) is 7.05 Å². The summed E-state index contributed by atoms with van der Waals surface area (Å²) >= 11 is 0. The van der Waals surface area contributed by atoms with Crippen LogP contribution in [-0.4, -0.2) is 62.0 Å². The summed E-state index contributed by atoms with van der Waals surface area (Å²) in [5.41, 5.74) is 1.58. The number of hydrogen-bond donors (Lipinski definition) is 0. The van der Waals surface area contributed by atoms with Gasteiger partial charge in [0.2, 0.25) is 5.88 Å². The Morgan fingerprint density at radius 3 is 2.74 bits per heavy atom. The molecule has 1 aliphatic rings. The quantitative estimate of drug-likeness (QED) is 0.360. The summed E-state index contributed by atoms with van der Waals surface area (Å²) in [7, 11) is 1.74. The minimum absolute atomic E-state index is 0.227. The molecule has 38 heavy (non-hydrogen) atoms. The van der Waals surface area contributed by atoms with Gasteiger partial charge in [0, 0.05) is 37.2 Å². The van der Waals surface area contributed by atoms with Crippen molar-refractivity contribution in [2.75, 3.05) is 19.7 Å². The molecule has 0 spiro atoms. The monoisotopic (exact) mass is 527 g/mol. The molecular formula is C28H38FN5O4. The minimum atomic E-state index is -0.596. The third kappa shape index (κ3) is 5.85. The fourth-order valence-electron chi connectivity index (χ4n) is 4.62. The number of aryl methyl sites for hydroxylation is 1. The molecule has 2 atom stereocenters. The molecule has 0 radical (unpaired) electrons. The number of ether oxygens (including phenoxy) is 3. The summed E-state index contributed by atoms with van der Waals surface area (Å²) in [6.45, 7) is 14.5. The zero-order valence-electron chi connectivity index (χ0n) is 23.2. The van der Waals surface area contributed by atoms with Crippen molar-refractivity contribution in [3.63, 3.8) is 0 Å². The first-order valence-electron chi connectivity index (χ1n) is 13.1. The normalized spacial score (nSPS) is 16.9. The number of benzene rings is 1. The number of nitrogens with zero attached hydrogens (tertiary/aromatic N) is 5. The van der Waals surface area contributed by atoms with Crippen LogP contribution in [0.4, 0.5) is 9.18 Å². The molecule has 1 aromatic carbocycles. The van der Waals surface area contributed by atoms with E-state index >= 15 is 4.39 Å². The van der Waals surface area contributed by atoms with E-state index in [1.807, 2.05) is 34.6 Å². The third-order valence-electron chi connectivity index (χ3n) is 6.44. The molecule has 1 fully saturated rings. The van der Waals surface area contributed by atoms with Crippen LogP contribution >= 0.6 is 0 Å². The summed E-state index contributed by atoms with van der Waals surface area (Å²) in [6.07, 6.45) is 5.09. The first kappa shape index (κ1) is 27.6. The Labute approximate surface area is 223 Å². The second-order valence-electron chi connectivity index (χ2n) is 10.6. The summed E-state index contributed by atoms with van der Waals surface area (Å²) in [4.78, 5) is 14.2. The van der Waals surface area contributed by atoms with E-state index in [2.05, 4.69) is 16.8 Å². The van der Waals surface area contributed by atoms with Gasteiger partial charge in [-0.2, -0.15) is 10.2 Å². The van der Waals surface area contributed by atoms with E-state index in [0.29, 0.717) is 47.9 Å². The second kappa shape index (κ2) is 11.1. The molecule has 1 unspecified atom stereocenters. The van der Waals surface area contributed by atoms with Crippen LogP contribution in [0.1, 0.15) is 65.8 Å². The molecule has 0 aliphatic carbocycles. The highest BCUT2D eigenvalue weighted by molar-refractivity contribution is 5.91. The lowest BCUT2D eigenvalue weighted by atomic mass is 10.0. The number of rotatable bonds is 8. The highest BCUT2D eigenvalue weighted by Crippen LogP contribution is 2.37. The minimum Gasteiger partial charge on any atom is -0.472 e. The van der Waals surface area contributed by atoms with Gasteiger partial charge >= 0.3 is 6.09 Å². The summed E-state index contributed by atoms with van der Waals surface area (Å²) < 4.78 is 36.6. The van der Waals surface area contributed by atoms with Crippen molar-refractivity contribution in [2.45, 2.75) is 71.8 Å². The first-order valence-corrected chi connectivity index (χ1v) is 13.1. The van der Waals surface area contributed by atoms with Crippen molar-refractivity contribution in [1.82, 2.24) is 24.5 Å². The van der Waals surface area contributed by atoms with Crippen molar-refractivity contribution in [1.29, 1.82) is 0 Å². The van der Waals surface area contributed by atoms with Gasteiger partial charge in [0.1, 0.15) is 17.5 Å². The average Bonchev–Trinajstić information content (AvgIpc) is 3.41. The van der Waals surface area contributed by atoms with Crippen LogP contribution in [-0.2, 0) is 16.5 Å². The van der Waals surface area contributed by atoms with E-state index in [1.54, 1.807) is 39.7 Å². The molecule has 3 aromatic rings. The number of hydrogen-bond acceptors (Lipinski definition) is 6. The van der Waals surface area contributed by atoms with Crippen LogP contribution in [0.15, 0.2) is 24.9 Å². The fraction of sp³-hybridized carbons (Fsp3) is 0.536. The molecule has 9 nitrogen and oxygen atoms in total. The predicted molar refractivity (Wildman–Crippen MR) is 144 cm³/mol. The number of carbonyl (C=O) groups is 1. The number of aromatic nitrogens is 4. The summed E-state index contributed by atoms with van der Waals surface area (Å²) in [5.74, 6) is -0.0151. The van der Waals surface area contributed by atoms with E-state index in [-0.39, 0.29) is 6.23 Å². The van der Waals surface area contributed by atoms with E-state index in [0.717, 1.165) is 24.6 Å². The molecule has 206 valence electrons. The Kier molecular flexibility index (Phi) is 8.10. The molecule has 0 N–H and O–H groups in total. The van der Waals surface area contributed by atoms with Gasteiger partial charge in [-0.05, 0) is 66.0 Å². The molecule has 10 heteroatoms. The lowest BCUT2D eigenvalue weighted by Crippen LogP contribution is -2.41. The zero-order chi connectivity index (χ0) is 27.6. The Morgan fingerprint density at radius 1 is 1.34 bits per heavy atom. The van der Waals surface area contributed by atoms with Gasteiger partial charge in [0.15, 0.2) is 6.23 Å². The average molecular weight is 528 g/mol. The maximum Gasteiger partial charge on any atom is 0.410 e. The standard InChI is InChI=1S/C28H38FN5O4/c1-8-23-20-14-19(22(29)15-24(20)34(31-23)25-12-10-11-13-36-25)21-16-30-32(7)26(21)37-18(3)17-33(9-2)27(35)38-28(4,5)6/h8,14-16,18,25H,1,9-13,17H2,2-7H3/t18-,25?/m0/s1. The molecule has 1 saturated heterocycles. The highest BCUT2D eigenvalue weighted by Gasteiger charge is 2.26. The maximum absolute atomic E-state index is 15.7. The Morgan fingerprint density at radius 2 is 2.11 bits per heavy atom. The smallest absolute Gasteiger partial charge is 0.410 e. The van der Waals surface area contributed by atoms with Gasteiger partial charge in [-0.15, -0.1) is 0 Å². The SMILES string of the molecule is C=Cc1nn(C2CCCCO2)c2cc(F)c(-c3cnn(C)c3O[C@@H](C)CN(CC)C(=O)OC(C)(C)C)cc12. The van der Waals surface area contributed by atoms with Gasteiger partial charge < -0.3 is 19.1 Å². The molecule has 0 saturated carbocycles. The number of halogens is 1. The van der Waals surface area contributed by atoms with E-state index in [1.165, 1.54) is 6.07 Å². The van der Waals surface area contributed by atoms with E-state index in [9.17, 15) is 4.79 Å². The fourth-order valence-corrected chi connectivity index (χ4v) is 4.62. The van der Waals surface area contributed by atoms with E-state index in [4.69, 9.17) is 14.2 Å². The highest BCUT2D eigenvalue weighted by atomic mass is 19.1. The molecule has 3 heterocycles. The van der Waals surface area contributed by atoms with Crippen molar-refractivity contribution in [3.8, 4) is 17.0 Å². The Hall–Kier alpha value is -3.40. The molecule has 1 amide bonds. The number of carbonyl (C=O) groups excluding carboxylic acids is 1. The van der Waals surface area contributed by atoms with Crippen molar-refractivity contribution >= 4 is 23.1 Å². The van der Waals surface area contributed by atoms with Gasteiger partial charge in [0.25, 0.3) is 0 Å². The largest absolute Gasteiger partial charge is 0.472 e. The Balaban J connectivity index is 1.63. The van der Waals surface area contributed by atoms with Crippen LogP contribution in [0.2, 0.25) is 0 Å².